The summed E-state index contributed by atoms with van der Waals surface area (Å²) in [4.78, 5) is 6.91. The minimum Gasteiger partial charge on any atom is -0.339 e. The van der Waals surface area contributed by atoms with Gasteiger partial charge in [-0.25, -0.2) is 0 Å². The van der Waals surface area contributed by atoms with Crippen molar-refractivity contribution in [3.8, 4) is 0 Å². The molecule has 0 radical (unpaired) electrons. The highest BCUT2D eigenvalue weighted by Gasteiger charge is 2.18. The Morgan fingerprint density at radius 1 is 1.26 bits per heavy atom. The lowest BCUT2D eigenvalue weighted by atomic mass is 10.00. The average molecular weight is 311 g/mol. The van der Waals surface area contributed by atoms with Gasteiger partial charge in [-0.1, -0.05) is 32.0 Å². The van der Waals surface area contributed by atoms with Crippen LogP contribution in [0.5, 0.6) is 0 Å². The number of para-hydroxylation sites is 1. The summed E-state index contributed by atoms with van der Waals surface area (Å²) in [7, 11) is 0. The van der Waals surface area contributed by atoms with Crippen molar-refractivity contribution < 1.29 is 0 Å². The maximum Gasteiger partial charge on any atom is 0.247 e. The molecule has 0 saturated carbocycles. The Morgan fingerprint density at radius 2 is 2.04 bits per heavy atom. The number of nitrogens with one attached hydrogen (secondary N) is 1. The largest absolute Gasteiger partial charge is 0.339 e. The lowest BCUT2D eigenvalue weighted by molar-refractivity contribution is 0.433. The fraction of sp³-hybridized carbons (Fsp3) is 0.500. The fourth-order valence-corrected chi connectivity index (χ4v) is 3.03. The number of rotatable bonds is 4. The van der Waals surface area contributed by atoms with E-state index in [0.717, 1.165) is 42.9 Å². The summed E-state index contributed by atoms with van der Waals surface area (Å²) in [6, 6.07) is 6.36. The van der Waals surface area contributed by atoms with Crippen LogP contribution in [0, 0.1) is 12.8 Å². The molecular formula is C18H25N5. The van der Waals surface area contributed by atoms with Gasteiger partial charge in [0.05, 0.1) is 6.20 Å². The van der Waals surface area contributed by atoms with E-state index in [2.05, 4.69) is 64.4 Å². The van der Waals surface area contributed by atoms with Gasteiger partial charge >= 0.3 is 0 Å². The molecule has 0 atom stereocenters. The Bertz CT molecular complexity index is 662. The zero-order valence-corrected chi connectivity index (χ0v) is 14.2. The quantitative estimate of drug-likeness (QED) is 0.932. The summed E-state index contributed by atoms with van der Waals surface area (Å²) in [5.74, 6) is 2.28. The number of benzene rings is 1. The Morgan fingerprint density at radius 3 is 2.78 bits per heavy atom. The van der Waals surface area contributed by atoms with Crippen LogP contribution in [0.25, 0.3) is 0 Å². The molecule has 0 aliphatic carbocycles. The van der Waals surface area contributed by atoms with E-state index >= 15 is 0 Å². The van der Waals surface area contributed by atoms with E-state index in [1.54, 1.807) is 6.20 Å². The van der Waals surface area contributed by atoms with E-state index in [-0.39, 0.29) is 0 Å². The topological polar surface area (TPSA) is 53.9 Å². The molecule has 2 aromatic rings. The van der Waals surface area contributed by atoms with Crippen LogP contribution >= 0.6 is 0 Å². The smallest absolute Gasteiger partial charge is 0.247 e. The summed E-state index contributed by atoms with van der Waals surface area (Å²) >= 11 is 0. The fourth-order valence-electron chi connectivity index (χ4n) is 3.03. The molecule has 1 aliphatic rings. The Kier molecular flexibility index (Phi) is 4.74. The van der Waals surface area contributed by atoms with Crippen molar-refractivity contribution >= 4 is 17.5 Å². The maximum atomic E-state index is 4.67. The van der Waals surface area contributed by atoms with Crippen LogP contribution in [0.2, 0.25) is 0 Å². The molecule has 1 aromatic carbocycles. The third-order valence-electron chi connectivity index (χ3n) is 4.61. The van der Waals surface area contributed by atoms with Gasteiger partial charge in [-0.15, -0.1) is 5.10 Å². The van der Waals surface area contributed by atoms with Crippen molar-refractivity contribution in [1.29, 1.82) is 0 Å². The first-order chi connectivity index (χ1) is 11.2. The minimum atomic E-state index is 0.730. The number of piperidine rings is 1. The number of hydrogen-bond acceptors (Lipinski definition) is 5. The molecular weight excluding hydrogens is 286 g/mol. The molecule has 0 spiro atoms. The first-order valence-electron chi connectivity index (χ1n) is 8.47. The van der Waals surface area contributed by atoms with E-state index in [1.807, 2.05) is 0 Å². The summed E-state index contributed by atoms with van der Waals surface area (Å²) in [6.45, 7) is 8.61. The highest BCUT2D eigenvalue weighted by molar-refractivity contribution is 5.64. The lowest BCUT2D eigenvalue weighted by Gasteiger charge is -2.30. The van der Waals surface area contributed by atoms with E-state index in [9.17, 15) is 0 Å². The summed E-state index contributed by atoms with van der Waals surface area (Å²) in [6.07, 6.45) is 5.07. The molecule has 1 fully saturated rings. The van der Waals surface area contributed by atoms with Crippen LogP contribution in [-0.2, 0) is 6.42 Å². The molecule has 1 N–H and O–H groups in total. The molecule has 2 heterocycles. The molecule has 1 aromatic heterocycles. The van der Waals surface area contributed by atoms with Gasteiger partial charge in [-0.05, 0) is 43.2 Å². The third-order valence-corrected chi connectivity index (χ3v) is 4.61. The van der Waals surface area contributed by atoms with Crippen molar-refractivity contribution in [2.45, 2.75) is 40.0 Å². The second-order valence-electron chi connectivity index (χ2n) is 6.40. The molecule has 23 heavy (non-hydrogen) atoms. The highest BCUT2D eigenvalue weighted by Crippen LogP contribution is 2.25. The first kappa shape index (κ1) is 15.7. The minimum absolute atomic E-state index is 0.730. The van der Waals surface area contributed by atoms with E-state index in [0.29, 0.717) is 0 Å². The predicted molar refractivity (Wildman–Crippen MR) is 94.3 cm³/mol. The van der Waals surface area contributed by atoms with E-state index in [1.165, 1.54) is 24.0 Å². The molecule has 1 saturated heterocycles. The van der Waals surface area contributed by atoms with Gasteiger partial charge in [0.2, 0.25) is 5.95 Å². The van der Waals surface area contributed by atoms with Crippen molar-refractivity contribution in [3.63, 3.8) is 0 Å². The van der Waals surface area contributed by atoms with Crippen LogP contribution in [-0.4, -0.2) is 28.3 Å². The molecule has 3 rings (SSSR count). The molecule has 0 bridgehead atoms. The zero-order chi connectivity index (χ0) is 16.2. The van der Waals surface area contributed by atoms with Crippen molar-refractivity contribution in [2.24, 2.45) is 5.92 Å². The van der Waals surface area contributed by atoms with Crippen LogP contribution in [0.1, 0.15) is 37.8 Å². The highest BCUT2D eigenvalue weighted by atomic mass is 15.3. The van der Waals surface area contributed by atoms with Gasteiger partial charge in [-0.2, -0.15) is 10.1 Å². The van der Waals surface area contributed by atoms with Crippen molar-refractivity contribution in [3.05, 3.63) is 35.5 Å². The van der Waals surface area contributed by atoms with E-state index < -0.39 is 0 Å². The SMILES string of the molecule is CCc1cccc(C)c1Nc1cnnc(N2CCC(C)CC2)n1. The number of aromatic nitrogens is 3. The molecule has 5 heteroatoms. The summed E-state index contributed by atoms with van der Waals surface area (Å²) in [5.41, 5.74) is 3.64. The van der Waals surface area contributed by atoms with Crippen LogP contribution in [0.3, 0.4) is 0 Å². The number of hydrogen-bond donors (Lipinski definition) is 1. The van der Waals surface area contributed by atoms with Gasteiger partial charge in [0.15, 0.2) is 5.82 Å². The molecule has 0 amide bonds. The van der Waals surface area contributed by atoms with Crippen LogP contribution in [0.15, 0.2) is 24.4 Å². The normalized spacial score (nSPS) is 15.7. The summed E-state index contributed by atoms with van der Waals surface area (Å²) in [5, 5.41) is 11.8. The van der Waals surface area contributed by atoms with Crippen LogP contribution in [0.4, 0.5) is 17.5 Å². The average Bonchev–Trinajstić information content (AvgIpc) is 2.57. The van der Waals surface area contributed by atoms with Gasteiger partial charge in [0, 0.05) is 18.8 Å². The standard InChI is InChI=1S/C18H25N5/c1-4-15-7-5-6-14(3)17(15)20-16-12-19-22-18(21-16)23-10-8-13(2)9-11-23/h5-7,12-13H,4,8-11H2,1-3H3,(H,20,21,22). The van der Waals surface area contributed by atoms with Gasteiger partial charge < -0.3 is 10.2 Å². The van der Waals surface area contributed by atoms with E-state index in [4.69, 9.17) is 0 Å². The maximum absolute atomic E-state index is 4.67. The Hall–Kier alpha value is -2.17. The summed E-state index contributed by atoms with van der Waals surface area (Å²) < 4.78 is 0. The third kappa shape index (κ3) is 3.60. The number of aryl methyl sites for hydroxylation is 2. The van der Waals surface area contributed by atoms with Crippen LogP contribution < -0.4 is 10.2 Å². The second-order valence-corrected chi connectivity index (χ2v) is 6.40. The molecule has 5 nitrogen and oxygen atoms in total. The first-order valence-corrected chi connectivity index (χ1v) is 8.47. The zero-order valence-electron chi connectivity index (χ0n) is 14.2. The predicted octanol–water partition coefficient (Wildman–Crippen LogP) is 3.72. The van der Waals surface area contributed by atoms with Crippen molar-refractivity contribution in [2.75, 3.05) is 23.3 Å². The molecule has 122 valence electrons. The Labute approximate surface area is 138 Å². The van der Waals surface area contributed by atoms with Gasteiger partial charge in [-0.3, -0.25) is 0 Å². The van der Waals surface area contributed by atoms with Crippen molar-refractivity contribution in [1.82, 2.24) is 15.2 Å². The number of anilines is 3. The molecule has 0 unspecified atom stereocenters. The van der Waals surface area contributed by atoms with Gasteiger partial charge in [0.1, 0.15) is 0 Å². The van der Waals surface area contributed by atoms with Gasteiger partial charge in [0.25, 0.3) is 0 Å². The Balaban J connectivity index is 1.81. The monoisotopic (exact) mass is 311 g/mol. The second kappa shape index (κ2) is 6.94. The molecule has 1 aliphatic heterocycles. The number of nitrogens with zero attached hydrogens (tertiary/aromatic N) is 4. The lowest BCUT2D eigenvalue weighted by Crippen LogP contribution is -2.34.